The monoisotopic (exact) mass is 191 g/mol. The molecule has 1 atom stereocenters. The predicted octanol–water partition coefficient (Wildman–Crippen LogP) is 0.0968. The molecule has 1 N–H and O–H groups in total. The molecule has 0 aromatic heterocycles. The van der Waals surface area contributed by atoms with Crippen molar-refractivity contribution in [1.29, 1.82) is 0 Å². The van der Waals surface area contributed by atoms with Gasteiger partial charge in [0.2, 0.25) is 0 Å². The van der Waals surface area contributed by atoms with E-state index < -0.39 is 6.10 Å². The molecule has 13 heavy (non-hydrogen) atoms. The van der Waals surface area contributed by atoms with Crippen molar-refractivity contribution in [2.45, 2.75) is 26.9 Å². The molecule has 0 amide bonds. The molecule has 0 aromatic rings. The van der Waals surface area contributed by atoms with Crippen molar-refractivity contribution in [1.82, 2.24) is 5.01 Å². The van der Waals surface area contributed by atoms with Crippen molar-refractivity contribution in [3.63, 3.8) is 0 Å². The molecule has 6 heteroatoms. The standard InChI is InChI=1S/C7H17N3O3/c1-4-8(5-2)10(13)9(12)6-7(3)11/h7,11H,4-6H2,1-3H3/b10-9+. The van der Waals surface area contributed by atoms with Gasteiger partial charge in [-0.1, -0.05) is 0 Å². The number of hydroxylamine groups is 1. The van der Waals surface area contributed by atoms with E-state index in [1.165, 1.54) is 11.9 Å². The van der Waals surface area contributed by atoms with Crippen LogP contribution in [0.4, 0.5) is 0 Å². The van der Waals surface area contributed by atoms with Crippen molar-refractivity contribution < 1.29 is 14.9 Å². The molecule has 0 spiro atoms. The van der Waals surface area contributed by atoms with E-state index in [1.54, 1.807) is 13.8 Å². The van der Waals surface area contributed by atoms with E-state index in [4.69, 9.17) is 5.11 Å². The first-order valence-corrected chi connectivity index (χ1v) is 4.37. The highest BCUT2D eigenvalue weighted by atomic mass is 16.6. The Kier molecular flexibility index (Phi) is 5.13. The van der Waals surface area contributed by atoms with Crippen molar-refractivity contribution in [2.75, 3.05) is 19.6 Å². The Bertz CT molecular complexity index is 178. The SMILES string of the molecule is CCN(CC)/[N+]([O-])=[N+](\[O-])CC(C)O. The molecule has 78 valence electrons. The third-order valence-electron chi connectivity index (χ3n) is 1.58. The summed E-state index contributed by atoms with van der Waals surface area (Å²) in [6.45, 7) is 5.76. The van der Waals surface area contributed by atoms with Gasteiger partial charge in [0.15, 0.2) is 11.5 Å². The molecule has 0 bridgehead atoms. The van der Waals surface area contributed by atoms with Gasteiger partial charge >= 0.3 is 0 Å². The fourth-order valence-electron chi connectivity index (χ4n) is 0.903. The number of hydrogen-bond donors (Lipinski definition) is 1. The summed E-state index contributed by atoms with van der Waals surface area (Å²) in [6, 6.07) is 0. The largest absolute Gasteiger partial charge is 0.663 e. The van der Waals surface area contributed by atoms with Crippen LogP contribution < -0.4 is 0 Å². The van der Waals surface area contributed by atoms with Gasteiger partial charge in [0, 0.05) is 0 Å². The number of rotatable bonds is 5. The van der Waals surface area contributed by atoms with E-state index in [2.05, 4.69) is 0 Å². The predicted molar refractivity (Wildman–Crippen MR) is 46.7 cm³/mol. The van der Waals surface area contributed by atoms with Gasteiger partial charge in [0.05, 0.1) is 6.10 Å². The van der Waals surface area contributed by atoms with Gasteiger partial charge in [-0.2, -0.15) is 0 Å². The van der Waals surface area contributed by atoms with Crippen LogP contribution in [0.2, 0.25) is 0 Å². The Morgan fingerprint density at radius 2 is 1.77 bits per heavy atom. The number of aliphatic hydroxyl groups is 1. The van der Waals surface area contributed by atoms with Gasteiger partial charge < -0.3 is 15.5 Å². The zero-order chi connectivity index (χ0) is 10.4. The summed E-state index contributed by atoms with van der Waals surface area (Å²) in [5.41, 5.74) is 0. The minimum Gasteiger partial charge on any atom is -0.663 e. The van der Waals surface area contributed by atoms with Gasteiger partial charge in [0.25, 0.3) is 0 Å². The summed E-state index contributed by atoms with van der Waals surface area (Å²) in [5, 5.41) is 32.4. The molecule has 0 fully saturated rings. The van der Waals surface area contributed by atoms with Crippen LogP contribution in [0.5, 0.6) is 0 Å². The van der Waals surface area contributed by atoms with Crippen molar-refractivity contribution in [3.05, 3.63) is 10.4 Å². The summed E-state index contributed by atoms with van der Waals surface area (Å²) in [4.78, 5) is 0.449. The Hall–Kier alpha value is -1.04. The molecular formula is C7H17N3O3. The molecule has 0 rings (SSSR count). The molecule has 0 radical (unpaired) electrons. The third-order valence-corrected chi connectivity index (χ3v) is 1.58. The lowest BCUT2D eigenvalue weighted by atomic mass is 10.4. The summed E-state index contributed by atoms with van der Waals surface area (Å²) in [7, 11) is 0. The average molecular weight is 191 g/mol. The maximum atomic E-state index is 11.2. The smallest absolute Gasteiger partial charge is 0.177 e. The Labute approximate surface area is 77.8 Å². The highest BCUT2D eigenvalue weighted by Crippen LogP contribution is 1.90. The van der Waals surface area contributed by atoms with Gasteiger partial charge in [-0.15, -0.1) is 0 Å². The Morgan fingerprint density at radius 3 is 2.08 bits per heavy atom. The number of hydrogen-bond acceptors (Lipinski definition) is 3. The maximum absolute atomic E-state index is 11.2. The molecule has 0 aromatic carbocycles. The van der Waals surface area contributed by atoms with Crippen LogP contribution >= 0.6 is 0 Å². The maximum Gasteiger partial charge on any atom is 0.177 e. The van der Waals surface area contributed by atoms with Crippen LogP contribution in [-0.4, -0.2) is 45.7 Å². The van der Waals surface area contributed by atoms with Gasteiger partial charge in [-0.05, 0) is 30.6 Å². The molecule has 0 aliphatic rings. The first kappa shape index (κ1) is 12.0. The molecular weight excluding hydrogens is 174 g/mol. The van der Waals surface area contributed by atoms with Crippen molar-refractivity contribution >= 4 is 0 Å². The highest BCUT2D eigenvalue weighted by Gasteiger charge is 2.16. The zero-order valence-electron chi connectivity index (χ0n) is 8.30. The lowest BCUT2D eigenvalue weighted by molar-refractivity contribution is -1.04. The lowest BCUT2D eigenvalue weighted by Gasteiger charge is -2.14. The third kappa shape index (κ3) is 3.93. The molecule has 0 saturated carbocycles. The van der Waals surface area contributed by atoms with E-state index in [0.29, 0.717) is 13.1 Å². The highest BCUT2D eigenvalue weighted by molar-refractivity contribution is 4.36. The van der Waals surface area contributed by atoms with E-state index >= 15 is 0 Å². The summed E-state index contributed by atoms with van der Waals surface area (Å²) in [5.74, 6) is 0. The van der Waals surface area contributed by atoms with Crippen LogP contribution in [-0.2, 0) is 0 Å². The summed E-state index contributed by atoms with van der Waals surface area (Å²) < 4.78 is 0. The Balaban J connectivity index is 4.39. The fraction of sp³-hybridized carbons (Fsp3) is 1.00. The molecule has 0 aliphatic heterocycles. The second-order valence-corrected chi connectivity index (χ2v) is 2.78. The van der Waals surface area contributed by atoms with Gasteiger partial charge in [0.1, 0.15) is 13.1 Å². The second-order valence-electron chi connectivity index (χ2n) is 2.78. The van der Waals surface area contributed by atoms with Crippen LogP contribution in [0.15, 0.2) is 0 Å². The topological polar surface area (TPSA) is 75.6 Å². The normalized spacial score (nSPS) is 15.1. The van der Waals surface area contributed by atoms with Crippen LogP contribution in [0.3, 0.4) is 0 Å². The van der Waals surface area contributed by atoms with E-state index in [9.17, 15) is 10.4 Å². The quantitative estimate of drug-likeness (QED) is 0.380. The van der Waals surface area contributed by atoms with Crippen molar-refractivity contribution in [2.24, 2.45) is 0 Å². The van der Waals surface area contributed by atoms with Gasteiger partial charge in [-0.25, -0.2) is 0 Å². The van der Waals surface area contributed by atoms with Crippen LogP contribution in [0.25, 0.3) is 0 Å². The number of hydrazine groups is 1. The molecule has 1 unspecified atom stereocenters. The van der Waals surface area contributed by atoms with E-state index in [-0.39, 0.29) is 16.4 Å². The molecule has 0 heterocycles. The van der Waals surface area contributed by atoms with E-state index in [0.717, 1.165) is 0 Å². The fourth-order valence-corrected chi connectivity index (χ4v) is 0.903. The first-order valence-electron chi connectivity index (χ1n) is 4.37. The average Bonchev–Trinajstić information content (AvgIpc) is 2.05. The Morgan fingerprint density at radius 1 is 1.31 bits per heavy atom. The number of nitrogens with zero attached hydrogens (tertiary/aromatic N) is 3. The molecule has 0 saturated heterocycles. The molecule has 0 aliphatic carbocycles. The second kappa shape index (κ2) is 5.58. The zero-order valence-corrected chi connectivity index (χ0v) is 8.30. The van der Waals surface area contributed by atoms with Crippen molar-refractivity contribution in [3.8, 4) is 0 Å². The number of aliphatic hydroxyl groups excluding tert-OH is 1. The van der Waals surface area contributed by atoms with E-state index in [1.807, 2.05) is 0 Å². The molecule has 6 nitrogen and oxygen atoms in total. The van der Waals surface area contributed by atoms with Crippen LogP contribution in [0.1, 0.15) is 20.8 Å². The lowest BCUT2D eigenvalue weighted by Crippen LogP contribution is -2.38. The summed E-state index contributed by atoms with van der Waals surface area (Å²) in [6.07, 6.45) is -0.801. The van der Waals surface area contributed by atoms with Gasteiger partial charge in [-0.3, -0.25) is 0 Å². The summed E-state index contributed by atoms with van der Waals surface area (Å²) >= 11 is 0. The van der Waals surface area contributed by atoms with Crippen LogP contribution in [0, 0.1) is 10.4 Å². The minimum atomic E-state index is -0.801. The minimum absolute atomic E-state index is 0.206. The first-order chi connectivity index (χ1) is 6.02.